The van der Waals surface area contributed by atoms with Gasteiger partial charge in [-0.25, -0.2) is 0 Å². The number of aliphatic imine (C=N–C) groups is 1. The topological polar surface area (TPSA) is 24.4 Å². The molecule has 108 valence electrons. The van der Waals surface area contributed by atoms with E-state index in [4.69, 9.17) is 4.99 Å². The molecule has 0 amide bonds. The van der Waals surface area contributed by atoms with Crippen molar-refractivity contribution in [3.63, 3.8) is 0 Å². The van der Waals surface area contributed by atoms with Gasteiger partial charge in [0.15, 0.2) is 5.17 Å². The van der Waals surface area contributed by atoms with Crippen LogP contribution in [0.4, 0.5) is 0 Å². The van der Waals surface area contributed by atoms with E-state index in [0.717, 1.165) is 17.0 Å². The van der Waals surface area contributed by atoms with Gasteiger partial charge in [-0.15, -0.1) is 0 Å². The zero-order valence-corrected chi connectivity index (χ0v) is 13.6. The highest BCUT2D eigenvalue weighted by molar-refractivity contribution is 8.14. The molecule has 1 aromatic carbocycles. The van der Waals surface area contributed by atoms with E-state index >= 15 is 0 Å². The van der Waals surface area contributed by atoms with Crippen LogP contribution in [-0.2, 0) is 0 Å². The Labute approximate surface area is 130 Å². The van der Waals surface area contributed by atoms with Crippen LogP contribution in [0.5, 0.6) is 0 Å². The molecule has 1 fully saturated rings. The van der Waals surface area contributed by atoms with Crippen molar-refractivity contribution in [3.05, 3.63) is 35.9 Å². The van der Waals surface area contributed by atoms with Crippen molar-refractivity contribution in [2.75, 3.05) is 12.8 Å². The maximum Gasteiger partial charge on any atom is 0.157 e. The Morgan fingerprint density at radius 2 is 2.00 bits per heavy atom. The standard InChI is InChI=1S/C16H22N2S2/c1-19-14-10-6-5-9-13(14)18-16-17-11-15(20-16)12-7-3-2-4-8-12/h2-4,7-8,13-15H,5-6,9-11H2,1H3,(H,17,18). The van der Waals surface area contributed by atoms with E-state index in [0.29, 0.717) is 11.3 Å². The summed E-state index contributed by atoms with van der Waals surface area (Å²) >= 11 is 3.91. The van der Waals surface area contributed by atoms with Gasteiger partial charge in [0, 0.05) is 11.3 Å². The summed E-state index contributed by atoms with van der Waals surface area (Å²) in [5.41, 5.74) is 1.39. The van der Waals surface area contributed by atoms with Crippen LogP contribution in [-0.4, -0.2) is 29.3 Å². The van der Waals surface area contributed by atoms with Gasteiger partial charge in [-0.05, 0) is 24.7 Å². The Balaban J connectivity index is 1.57. The molecule has 3 atom stereocenters. The zero-order chi connectivity index (χ0) is 13.8. The molecular formula is C16H22N2S2. The first-order valence-electron chi connectivity index (χ1n) is 7.42. The van der Waals surface area contributed by atoms with E-state index in [1.807, 2.05) is 23.5 Å². The van der Waals surface area contributed by atoms with Gasteiger partial charge in [-0.3, -0.25) is 4.99 Å². The Kier molecular flexibility index (Phi) is 4.94. The van der Waals surface area contributed by atoms with Crippen molar-refractivity contribution in [1.29, 1.82) is 0 Å². The summed E-state index contributed by atoms with van der Waals surface area (Å²) in [4.78, 5) is 4.72. The Bertz CT molecular complexity index is 461. The molecule has 0 spiro atoms. The molecule has 1 N–H and O–H groups in total. The first-order chi connectivity index (χ1) is 9.86. The van der Waals surface area contributed by atoms with Gasteiger partial charge in [0.05, 0.1) is 11.8 Å². The van der Waals surface area contributed by atoms with Gasteiger partial charge in [-0.1, -0.05) is 54.9 Å². The Morgan fingerprint density at radius 3 is 2.80 bits per heavy atom. The summed E-state index contributed by atoms with van der Waals surface area (Å²) in [7, 11) is 0. The summed E-state index contributed by atoms with van der Waals surface area (Å²) in [6.07, 6.45) is 7.62. The minimum Gasteiger partial charge on any atom is -0.361 e. The maximum atomic E-state index is 4.72. The lowest BCUT2D eigenvalue weighted by Crippen LogP contribution is -2.42. The fourth-order valence-corrected chi connectivity index (χ4v) is 5.01. The molecule has 20 heavy (non-hydrogen) atoms. The van der Waals surface area contributed by atoms with E-state index in [-0.39, 0.29) is 0 Å². The van der Waals surface area contributed by atoms with Crippen LogP contribution in [0.2, 0.25) is 0 Å². The molecule has 2 aliphatic rings. The van der Waals surface area contributed by atoms with Crippen LogP contribution in [0.15, 0.2) is 35.3 Å². The second-order valence-corrected chi connectivity index (χ2v) is 7.74. The third kappa shape index (κ3) is 3.34. The van der Waals surface area contributed by atoms with Crippen molar-refractivity contribution in [2.45, 2.75) is 42.2 Å². The van der Waals surface area contributed by atoms with E-state index in [2.05, 4.69) is 41.9 Å². The monoisotopic (exact) mass is 306 g/mol. The molecular weight excluding hydrogens is 284 g/mol. The van der Waals surface area contributed by atoms with Crippen molar-refractivity contribution in [2.24, 2.45) is 4.99 Å². The van der Waals surface area contributed by atoms with Gasteiger partial charge in [0.25, 0.3) is 0 Å². The van der Waals surface area contributed by atoms with E-state index in [1.54, 1.807) is 0 Å². The van der Waals surface area contributed by atoms with Crippen LogP contribution >= 0.6 is 23.5 Å². The number of benzene rings is 1. The van der Waals surface area contributed by atoms with Gasteiger partial charge in [0.2, 0.25) is 0 Å². The van der Waals surface area contributed by atoms with Crippen molar-refractivity contribution < 1.29 is 0 Å². The first kappa shape index (κ1) is 14.3. The van der Waals surface area contributed by atoms with Crippen molar-refractivity contribution in [3.8, 4) is 0 Å². The fourth-order valence-electron chi connectivity index (χ4n) is 3.00. The Morgan fingerprint density at radius 1 is 1.20 bits per heavy atom. The summed E-state index contributed by atoms with van der Waals surface area (Å²) in [5, 5.41) is 6.12. The van der Waals surface area contributed by atoms with Crippen LogP contribution in [0.1, 0.15) is 36.5 Å². The molecule has 1 heterocycles. The van der Waals surface area contributed by atoms with Gasteiger partial charge in [-0.2, -0.15) is 11.8 Å². The van der Waals surface area contributed by atoms with E-state index in [9.17, 15) is 0 Å². The lowest BCUT2D eigenvalue weighted by Gasteiger charge is -2.31. The average molecular weight is 307 g/mol. The molecule has 1 aromatic rings. The second-order valence-electron chi connectivity index (χ2n) is 5.47. The Hall–Kier alpha value is -0.610. The molecule has 3 unspecified atom stereocenters. The molecule has 0 radical (unpaired) electrons. The van der Waals surface area contributed by atoms with E-state index < -0.39 is 0 Å². The molecule has 4 heteroatoms. The van der Waals surface area contributed by atoms with Crippen LogP contribution < -0.4 is 5.32 Å². The lowest BCUT2D eigenvalue weighted by atomic mass is 9.95. The number of hydrogen-bond donors (Lipinski definition) is 1. The molecule has 1 saturated carbocycles. The summed E-state index contributed by atoms with van der Waals surface area (Å²) < 4.78 is 0. The number of hydrogen-bond acceptors (Lipinski definition) is 4. The first-order valence-corrected chi connectivity index (χ1v) is 9.59. The van der Waals surface area contributed by atoms with Gasteiger partial charge >= 0.3 is 0 Å². The summed E-state index contributed by atoms with van der Waals surface area (Å²) in [6, 6.07) is 11.3. The molecule has 0 saturated heterocycles. The average Bonchev–Trinajstić information content (AvgIpc) is 2.97. The molecule has 0 aromatic heterocycles. The van der Waals surface area contributed by atoms with Crippen LogP contribution in [0.25, 0.3) is 0 Å². The predicted molar refractivity (Wildman–Crippen MR) is 91.8 cm³/mol. The number of rotatable bonds is 3. The molecule has 3 rings (SSSR count). The summed E-state index contributed by atoms with van der Waals surface area (Å²) in [5.74, 6) is 0. The highest BCUT2D eigenvalue weighted by Gasteiger charge is 2.28. The summed E-state index contributed by atoms with van der Waals surface area (Å²) in [6.45, 7) is 0.910. The molecule has 1 aliphatic heterocycles. The number of nitrogens with one attached hydrogen (secondary N) is 1. The molecule has 0 bridgehead atoms. The SMILES string of the molecule is CSC1CCCCC1NC1=NCC(c2ccccc2)S1. The molecule has 2 nitrogen and oxygen atoms in total. The minimum absolute atomic E-state index is 0.495. The van der Waals surface area contributed by atoms with Crippen molar-refractivity contribution >= 4 is 28.7 Å². The predicted octanol–water partition coefficient (Wildman–Crippen LogP) is 4.09. The van der Waals surface area contributed by atoms with Gasteiger partial charge < -0.3 is 5.32 Å². The number of thioether (sulfide) groups is 2. The number of amidine groups is 1. The fraction of sp³-hybridized carbons (Fsp3) is 0.562. The van der Waals surface area contributed by atoms with Crippen LogP contribution in [0.3, 0.4) is 0 Å². The smallest absolute Gasteiger partial charge is 0.157 e. The third-order valence-corrected chi connectivity index (χ3v) is 6.49. The third-order valence-electron chi connectivity index (χ3n) is 4.14. The molecule has 1 aliphatic carbocycles. The quantitative estimate of drug-likeness (QED) is 0.910. The van der Waals surface area contributed by atoms with Gasteiger partial charge in [0.1, 0.15) is 0 Å². The minimum atomic E-state index is 0.495. The number of nitrogens with zero attached hydrogens (tertiary/aromatic N) is 1. The maximum absolute atomic E-state index is 4.72. The van der Waals surface area contributed by atoms with Crippen LogP contribution in [0, 0.1) is 0 Å². The highest BCUT2D eigenvalue weighted by Crippen LogP contribution is 2.35. The normalized spacial score (nSPS) is 30.1. The zero-order valence-electron chi connectivity index (χ0n) is 11.9. The lowest BCUT2D eigenvalue weighted by molar-refractivity contribution is 0.427. The van der Waals surface area contributed by atoms with E-state index in [1.165, 1.54) is 31.2 Å². The highest BCUT2D eigenvalue weighted by atomic mass is 32.2. The second kappa shape index (κ2) is 6.90. The van der Waals surface area contributed by atoms with Crippen molar-refractivity contribution in [1.82, 2.24) is 5.32 Å². The largest absolute Gasteiger partial charge is 0.361 e.